The molecule has 0 radical (unpaired) electrons. The molecule has 0 aliphatic carbocycles. The smallest absolute Gasteiger partial charge is 0.162 e. The van der Waals surface area contributed by atoms with E-state index in [0.29, 0.717) is 5.92 Å². The SMILES string of the molecule is CC(=O)c1c(C)n(CCCN2CCCC(Cc3ccccc3Cl)C2)c2c(Br)cccc12. The van der Waals surface area contributed by atoms with Crippen molar-refractivity contribution >= 4 is 44.2 Å². The van der Waals surface area contributed by atoms with Crippen LogP contribution in [0.15, 0.2) is 46.9 Å². The number of piperidine rings is 1. The van der Waals surface area contributed by atoms with Gasteiger partial charge in [0.15, 0.2) is 5.78 Å². The lowest BCUT2D eigenvalue weighted by atomic mass is 9.91. The molecule has 2 aromatic carbocycles. The number of aromatic nitrogens is 1. The standard InChI is InChI=1S/C26H30BrClN2O/c1-18-25(19(2)31)22-10-5-11-23(27)26(22)30(18)15-7-14-29-13-6-8-20(17-29)16-21-9-3-4-12-24(21)28/h3-5,9-12,20H,6-8,13-17H2,1-2H3. The van der Waals surface area contributed by atoms with E-state index >= 15 is 0 Å². The number of carbonyl (C=O) groups is 1. The molecule has 0 amide bonds. The number of rotatable bonds is 7. The summed E-state index contributed by atoms with van der Waals surface area (Å²) in [5.74, 6) is 0.805. The number of benzene rings is 2. The summed E-state index contributed by atoms with van der Waals surface area (Å²) < 4.78 is 3.37. The molecule has 31 heavy (non-hydrogen) atoms. The van der Waals surface area contributed by atoms with Crippen molar-refractivity contribution in [1.29, 1.82) is 0 Å². The van der Waals surface area contributed by atoms with Crippen molar-refractivity contribution < 1.29 is 4.79 Å². The number of Topliss-reactive ketones (excluding diaryl/α,β-unsaturated/α-hetero) is 1. The number of fused-ring (bicyclic) bond motifs is 1. The zero-order valence-electron chi connectivity index (χ0n) is 18.3. The summed E-state index contributed by atoms with van der Waals surface area (Å²) in [4.78, 5) is 14.9. The summed E-state index contributed by atoms with van der Waals surface area (Å²) in [6, 6.07) is 14.4. The first kappa shape index (κ1) is 22.6. The summed E-state index contributed by atoms with van der Waals surface area (Å²) >= 11 is 10.1. The Kier molecular flexibility index (Phi) is 7.20. The molecule has 1 aliphatic heterocycles. The first-order valence-electron chi connectivity index (χ1n) is 11.2. The second kappa shape index (κ2) is 9.89. The van der Waals surface area contributed by atoms with Gasteiger partial charge in [0.05, 0.1) is 5.52 Å². The van der Waals surface area contributed by atoms with E-state index in [4.69, 9.17) is 11.6 Å². The molecule has 1 saturated heterocycles. The Morgan fingerprint density at radius 1 is 1.16 bits per heavy atom. The molecular formula is C26H30BrClN2O. The van der Waals surface area contributed by atoms with Crippen LogP contribution in [0.5, 0.6) is 0 Å². The fraction of sp³-hybridized carbons (Fsp3) is 0.423. The predicted molar refractivity (Wildman–Crippen MR) is 133 cm³/mol. The van der Waals surface area contributed by atoms with Crippen LogP contribution < -0.4 is 0 Å². The van der Waals surface area contributed by atoms with Crippen LogP contribution in [0, 0.1) is 12.8 Å². The Morgan fingerprint density at radius 3 is 2.74 bits per heavy atom. The van der Waals surface area contributed by atoms with E-state index in [9.17, 15) is 4.79 Å². The van der Waals surface area contributed by atoms with Gasteiger partial charge in [0.25, 0.3) is 0 Å². The minimum absolute atomic E-state index is 0.137. The maximum Gasteiger partial charge on any atom is 0.162 e. The van der Waals surface area contributed by atoms with Crippen LogP contribution in [-0.2, 0) is 13.0 Å². The Labute approximate surface area is 198 Å². The van der Waals surface area contributed by atoms with Gasteiger partial charge in [-0.25, -0.2) is 0 Å². The van der Waals surface area contributed by atoms with Gasteiger partial charge < -0.3 is 9.47 Å². The highest BCUT2D eigenvalue weighted by Gasteiger charge is 2.22. The molecule has 1 aliphatic rings. The largest absolute Gasteiger partial charge is 0.343 e. The maximum absolute atomic E-state index is 12.3. The van der Waals surface area contributed by atoms with Gasteiger partial charge in [-0.15, -0.1) is 0 Å². The lowest BCUT2D eigenvalue weighted by Crippen LogP contribution is -2.37. The number of nitrogens with zero attached hydrogens (tertiary/aromatic N) is 2. The minimum Gasteiger partial charge on any atom is -0.343 e. The Balaban J connectivity index is 1.41. The van der Waals surface area contributed by atoms with Crippen molar-refractivity contribution in [3.8, 4) is 0 Å². The van der Waals surface area contributed by atoms with Crippen LogP contribution in [0.1, 0.15) is 47.8 Å². The highest BCUT2D eigenvalue weighted by Crippen LogP contribution is 2.32. The number of hydrogen-bond donors (Lipinski definition) is 0. The molecule has 1 unspecified atom stereocenters. The number of hydrogen-bond acceptors (Lipinski definition) is 2. The maximum atomic E-state index is 12.3. The van der Waals surface area contributed by atoms with Gasteiger partial charge in [0.1, 0.15) is 0 Å². The molecular weight excluding hydrogens is 472 g/mol. The Morgan fingerprint density at radius 2 is 1.97 bits per heavy atom. The number of halogens is 2. The Bertz CT molecular complexity index is 1090. The van der Waals surface area contributed by atoms with Crippen LogP contribution in [-0.4, -0.2) is 34.9 Å². The number of aryl methyl sites for hydroxylation is 1. The van der Waals surface area contributed by atoms with Crippen molar-refractivity contribution in [1.82, 2.24) is 9.47 Å². The summed E-state index contributed by atoms with van der Waals surface area (Å²) in [7, 11) is 0. The van der Waals surface area contributed by atoms with Crippen LogP contribution in [0.2, 0.25) is 5.02 Å². The summed E-state index contributed by atoms with van der Waals surface area (Å²) in [6.07, 6.45) is 4.66. The normalized spacial score (nSPS) is 17.4. The summed E-state index contributed by atoms with van der Waals surface area (Å²) in [5.41, 5.74) is 4.34. The molecule has 1 aromatic heterocycles. The molecule has 3 aromatic rings. The van der Waals surface area contributed by atoms with Crippen LogP contribution >= 0.6 is 27.5 Å². The molecule has 1 fully saturated rings. The Hall–Kier alpha value is -1.62. The lowest BCUT2D eigenvalue weighted by molar-refractivity contribution is 0.101. The van der Waals surface area contributed by atoms with Gasteiger partial charge in [-0.05, 0) is 92.2 Å². The zero-order valence-corrected chi connectivity index (χ0v) is 20.7. The van der Waals surface area contributed by atoms with Gasteiger partial charge in [0.2, 0.25) is 0 Å². The van der Waals surface area contributed by atoms with Crippen LogP contribution in [0.25, 0.3) is 10.9 Å². The topological polar surface area (TPSA) is 25.2 Å². The summed E-state index contributed by atoms with van der Waals surface area (Å²) in [5, 5.41) is 1.94. The van der Waals surface area contributed by atoms with Gasteiger partial charge >= 0.3 is 0 Å². The van der Waals surface area contributed by atoms with E-state index in [0.717, 1.165) is 64.1 Å². The fourth-order valence-corrected chi connectivity index (χ4v) is 5.95. The minimum atomic E-state index is 0.137. The second-order valence-corrected chi connectivity index (χ2v) is 10.0. The first-order chi connectivity index (χ1) is 15.0. The monoisotopic (exact) mass is 500 g/mol. The highest BCUT2D eigenvalue weighted by molar-refractivity contribution is 9.10. The van der Waals surface area contributed by atoms with Gasteiger partial charge in [-0.3, -0.25) is 4.79 Å². The number of para-hydroxylation sites is 1. The van der Waals surface area contributed by atoms with E-state index in [1.54, 1.807) is 6.92 Å². The van der Waals surface area contributed by atoms with Gasteiger partial charge in [0, 0.05) is 39.2 Å². The molecule has 4 rings (SSSR count). The average Bonchev–Trinajstić information content (AvgIpc) is 3.03. The van der Waals surface area contributed by atoms with E-state index in [1.807, 2.05) is 18.2 Å². The van der Waals surface area contributed by atoms with Crippen molar-refractivity contribution in [2.24, 2.45) is 5.92 Å². The number of carbonyl (C=O) groups excluding carboxylic acids is 1. The van der Waals surface area contributed by atoms with Crippen molar-refractivity contribution in [2.45, 2.75) is 46.1 Å². The third kappa shape index (κ3) is 4.92. The molecule has 0 spiro atoms. The lowest BCUT2D eigenvalue weighted by Gasteiger charge is -2.33. The van der Waals surface area contributed by atoms with Crippen molar-refractivity contribution in [2.75, 3.05) is 19.6 Å². The molecule has 0 bridgehead atoms. The van der Waals surface area contributed by atoms with E-state index in [2.05, 4.69) is 56.6 Å². The predicted octanol–water partition coefficient (Wildman–Crippen LogP) is 6.91. The van der Waals surface area contributed by atoms with Crippen molar-refractivity contribution in [3.05, 3.63) is 68.8 Å². The van der Waals surface area contributed by atoms with Gasteiger partial charge in [-0.2, -0.15) is 0 Å². The first-order valence-corrected chi connectivity index (χ1v) is 12.4. The number of likely N-dealkylation sites (tertiary alicyclic amines) is 1. The summed E-state index contributed by atoms with van der Waals surface area (Å²) in [6.45, 7) is 8.05. The van der Waals surface area contributed by atoms with Crippen LogP contribution in [0.4, 0.5) is 0 Å². The zero-order chi connectivity index (χ0) is 22.0. The van der Waals surface area contributed by atoms with E-state index in [-0.39, 0.29) is 5.78 Å². The van der Waals surface area contributed by atoms with Crippen LogP contribution in [0.3, 0.4) is 0 Å². The number of ketones is 1. The molecule has 0 saturated carbocycles. The van der Waals surface area contributed by atoms with E-state index < -0.39 is 0 Å². The highest BCUT2D eigenvalue weighted by atomic mass is 79.9. The third-order valence-electron chi connectivity index (χ3n) is 6.57. The fourth-order valence-electron chi connectivity index (χ4n) is 5.16. The molecule has 2 heterocycles. The molecule has 164 valence electrons. The quantitative estimate of drug-likeness (QED) is 0.329. The molecule has 0 N–H and O–H groups in total. The van der Waals surface area contributed by atoms with Gasteiger partial charge in [-0.1, -0.05) is 41.9 Å². The molecule has 3 nitrogen and oxygen atoms in total. The second-order valence-electron chi connectivity index (χ2n) is 8.76. The average molecular weight is 502 g/mol. The third-order valence-corrected chi connectivity index (χ3v) is 7.58. The molecule has 1 atom stereocenters. The van der Waals surface area contributed by atoms with E-state index in [1.165, 1.54) is 24.9 Å². The van der Waals surface area contributed by atoms with Crippen molar-refractivity contribution in [3.63, 3.8) is 0 Å². The molecule has 5 heteroatoms.